The van der Waals surface area contributed by atoms with Crippen LogP contribution in [0.1, 0.15) is 49.9 Å². The van der Waals surface area contributed by atoms with Gasteiger partial charge in [0.05, 0.1) is 6.61 Å². The molecule has 18 heavy (non-hydrogen) atoms. The van der Waals surface area contributed by atoms with E-state index in [1.807, 2.05) is 0 Å². The summed E-state index contributed by atoms with van der Waals surface area (Å²) in [6.45, 7) is 4.27. The Hall–Kier alpha value is -1.30. The zero-order chi connectivity index (χ0) is 13.2. The smallest absolute Gasteiger partial charge is 0.344 e. The predicted molar refractivity (Wildman–Crippen MR) is 73.0 cm³/mol. The van der Waals surface area contributed by atoms with Crippen LogP contribution in [0.2, 0.25) is 0 Å². The van der Waals surface area contributed by atoms with E-state index >= 15 is 0 Å². The lowest BCUT2D eigenvalue weighted by Gasteiger charge is -2.42. The first-order valence-corrected chi connectivity index (χ1v) is 7.09. The summed E-state index contributed by atoms with van der Waals surface area (Å²) < 4.78 is 9.07. The molecule has 0 spiro atoms. The van der Waals surface area contributed by atoms with Gasteiger partial charge in [-0.2, -0.15) is 4.37 Å². The molecule has 2 rings (SSSR count). The summed E-state index contributed by atoms with van der Waals surface area (Å²) in [5.74, 6) is -0.136. The van der Waals surface area contributed by atoms with Gasteiger partial charge in [-0.05, 0) is 44.1 Å². The molecule has 0 atom stereocenters. The summed E-state index contributed by atoms with van der Waals surface area (Å²) in [7, 11) is 0. The van der Waals surface area contributed by atoms with E-state index in [4.69, 9.17) is 10.5 Å². The summed E-state index contributed by atoms with van der Waals surface area (Å²) in [6.07, 6.45) is 4.52. The Kier molecular flexibility index (Phi) is 3.75. The van der Waals surface area contributed by atoms with Crippen LogP contribution in [0.3, 0.4) is 0 Å². The van der Waals surface area contributed by atoms with Crippen molar-refractivity contribution in [3.8, 4) is 0 Å². The Bertz CT molecular complexity index is 435. The number of aromatic nitrogens is 1. The second kappa shape index (κ2) is 5.14. The number of nitrogens with zero attached hydrogens (tertiary/aromatic N) is 1. The van der Waals surface area contributed by atoms with E-state index in [-0.39, 0.29) is 11.4 Å². The highest BCUT2D eigenvalue weighted by molar-refractivity contribution is 7.11. The quantitative estimate of drug-likeness (QED) is 0.803. The van der Waals surface area contributed by atoms with E-state index < -0.39 is 5.97 Å². The van der Waals surface area contributed by atoms with Crippen LogP contribution in [-0.4, -0.2) is 22.5 Å². The molecular weight excluding hydrogens is 250 g/mol. The maximum absolute atomic E-state index is 11.9. The van der Waals surface area contributed by atoms with Crippen molar-refractivity contribution in [2.45, 2.75) is 45.1 Å². The molecule has 0 bridgehead atoms. The Morgan fingerprint density at radius 1 is 1.56 bits per heavy atom. The molecule has 5 nitrogen and oxygen atoms in total. The van der Waals surface area contributed by atoms with Gasteiger partial charge in [0.2, 0.25) is 0 Å². The van der Waals surface area contributed by atoms with Crippen molar-refractivity contribution in [1.82, 2.24) is 4.37 Å². The Morgan fingerprint density at radius 2 is 2.28 bits per heavy atom. The van der Waals surface area contributed by atoms with Crippen molar-refractivity contribution in [3.05, 3.63) is 5.56 Å². The number of nitrogens with two attached hydrogens (primary N) is 1. The average Bonchev–Trinajstić information content (AvgIpc) is 2.65. The summed E-state index contributed by atoms with van der Waals surface area (Å²) in [5.41, 5.74) is 6.25. The highest BCUT2D eigenvalue weighted by atomic mass is 32.1. The number of nitrogens with one attached hydrogen (secondary N) is 1. The van der Waals surface area contributed by atoms with Crippen molar-refractivity contribution in [3.63, 3.8) is 0 Å². The first-order valence-electron chi connectivity index (χ1n) is 6.32. The fourth-order valence-corrected chi connectivity index (χ4v) is 3.02. The number of ether oxygens (including phenoxy) is 1. The molecule has 6 heteroatoms. The minimum Gasteiger partial charge on any atom is -0.462 e. The largest absolute Gasteiger partial charge is 0.462 e. The molecule has 3 N–H and O–H groups in total. The molecule has 0 amide bonds. The van der Waals surface area contributed by atoms with E-state index in [9.17, 15) is 4.79 Å². The van der Waals surface area contributed by atoms with E-state index in [2.05, 4.69) is 16.6 Å². The average molecular weight is 269 g/mol. The zero-order valence-corrected chi connectivity index (χ0v) is 11.6. The van der Waals surface area contributed by atoms with Gasteiger partial charge < -0.3 is 15.8 Å². The summed E-state index contributed by atoms with van der Waals surface area (Å²) in [5, 5.41) is 4.19. The van der Waals surface area contributed by atoms with Gasteiger partial charge in [-0.1, -0.05) is 6.92 Å². The predicted octanol–water partition coefficient (Wildman–Crippen LogP) is 2.65. The molecule has 1 heterocycles. The lowest BCUT2D eigenvalue weighted by atomic mass is 9.75. The standard InChI is InChI=1S/C12H19N3O2S/c1-3-12(6-5-7-12)14-10-8(9(13)15-18-10)11(16)17-4-2/h14H,3-7H2,1-2H3,(H2,13,15). The molecule has 1 aromatic heterocycles. The fraction of sp³-hybridized carbons (Fsp3) is 0.667. The van der Waals surface area contributed by atoms with Crippen LogP contribution in [0.4, 0.5) is 10.8 Å². The molecule has 100 valence electrons. The minimum absolute atomic E-state index is 0.111. The van der Waals surface area contributed by atoms with E-state index in [1.54, 1.807) is 6.92 Å². The van der Waals surface area contributed by atoms with Crippen LogP contribution in [0.15, 0.2) is 0 Å². The first-order chi connectivity index (χ1) is 8.62. The third-order valence-corrected chi connectivity index (χ3v) is 4.34. The van der Waals surface area contributed by atoms with Crippen LogP contribution >= 0.6 is 11.5 Å². The monoisotopic (exact) mass is 269 g/mol. The Morgan fingerprint density at radius 3 is 2.78 bits per heavy atom. The van der Waals surface area contributed by atoms with Crippen molar-refractivity contribution in [2.24, 2.45) is 0 Å². The molecule has 0 radical (unpaired) electrons. The first kappa shape index (κ1) is 13.1. The molecule has 1 saturated carbocycles. The number of hydrogen-bond donors (Lipinski definition) is 2. The minimum atomic E-state index is -0.392. The maximum Gasteiger partial charge on any atom is 0.344 e. The lowest BCUT2D eigenvalue weighted by Crippen LogP contribution is -2.44. The topological polar surface area (TPSA) is 77.2 Å². The second-order valence-electron chi connectivity index (χ2n) is 4.60. The van der Waals surface area contributed by atoms with E-state index in [0.29, 0.717) is 12.2 Å². The van der Waals surface area contributed by atoms with Crippen LogP contribution in [0.25, 0.3) is 0 Å². The molecule has 1 aromatic rings. The zero-order valence-electron chi connectivity index (χ0n) is 10.8. The van der Waals surface area contributed by atoms with Crippen molar-refractivity contribution >= 4 is 28.3 Å². The number of rotatable bonds is 5. The van der Waals surface area contributed by atoms with Crippen LogP contribution < -0.4 is 11.1 Å². The van der Waals surface area contributed by atoms with Crippen molar-refractivity contribution in [1.29, 1.82) is 0 Å². The van der Waals surface area contributed by atoms with Gasteiger partial charge in [-0.25, -0.2) is 4.79 Å². The summed E-state index contributed by atoms with van der Waals surface area (Å²) in [6, 6.07) is 0. The Balaban J connectivity index is 2.20. The third kappa shape index (κ3) is 2.29. The van der Waals surface area contributed by atoms with Gasteiger partial charge in [0, 0.05) is 5.54 Å². The van der Waals surface area contributed by atoms with Crippen LogP contribution in [-0.2, 0) is 4.74 Å². The number of hydrogen-bond acceptors (Lipinski definition) is 6. The third-order valence-electron chi connectivity index (χ3n) is 3.56. The van der Waals surface area contributed by atoms with Gasteiger partial charge >= 0.3 is 5.97 Å². The van der Waals surface area contributed by atoms with Crippen LogP contribution in [0, 0.1) is 0 Å². The van der Waals surface area contributed by atoms with Crippen LogP contribution in [0.5, 0.6) is 0 Å². The van der Waals surface area contributed by atoms with E-state index in [1.165, 1.54) is 18.0 Å². The molecule has 1 aliphatic rings. The maximum atomic E-state index is 11.9. The highest BCUT2D eigenvalue weighted by Crippen LogP contribution is 2.40. The second-order valence-corrected chi connectivity index (χ2v) is 5.38. The molecule has 0 aliphatic heterocycles. The number of nitrogen functional groups attached to an aromatic ring is 1. The number of esters is 1. The van der Waals surface area contributed by atoms with Gasteiger partial charge in [-0.3, -0.25) is 0 Å². The van der Waals surface area contributed by atoms with Crippen molar-refractivity contribution in [2.75, 3.05) is 17.7 Å². The molecular formula is C12H19N3O2S. The van der Waals surface area contributed by atoms with Gasteiger partial charge in [-0.15, -0.1) is 0 Å². The summed E-state index contributed by atoms with van der Waals surface area (Å²) >= 11 is 1.23. The van der Waals surface area contributed by atoms with Gasteiger partial charge in [0.15, 0.2) is 5.82 Å². The highest BCUT2D eigenvalue weighted by Gasteiger charge is 2.37. The SMILES string of the molecule is CCOC(=O)c1c(N)nsc1NC1(CC)CCC1. The molecule has 0 unspecified atom stereocenters. The van der Waals surface area contributed by atoms with Gasteiger partial charge in [0.1, 0.15) is 10.6 Å². The van der Waals surface area contributed by atoms with Crippen molar-refractivity contribution < 1.29 is 9.53 Å². The lowest BCUT2D eigenvalue weighted by molar-refractivity contribution is 0.0529. The van der Waals surface area contributed by atoms with Gasteiger partial charge in [0.25, 0.3) is 0 Å². The molecule has 1 aliphatic carbocycles. The number of carbonyl (C=O) groups excluding carboxylic acids is 1. The fourth-order valence-electron chi connectivity index (χ4n) is 2.20. The number of anilines is 2. The molecule has 0 saturated heterocycles. The normalized spacial score (nSPS) is 17.0. The van der Waals surface area contributed by atoms with E-state index in [0.717, 1.165) is 24.3 Å². The molecule has 1 fully saturated rings. The molecule has 0 aromatic carbocycles. The Labute approximate surface area is 111 Å². The summed E-state index contributed by atoms with van der Waals surface area (Å²) in [4.78, 5) is 11.9. The number of carbonyl (C=O) groups is 1.